The first-order valence-electron chi connectivity index (χ1n) is 5.13. The fraction of sp³-hybridized carbons (Fsp3) is 0.167. The predicted molar refractivity (Wildman–Crippen MR) is 72.7 cm³/mol. The molecular formula is C12H9Cl2F2NS. The molecule has 1 heterocycles. The molecule has 2 aromatic rings. The number of benzene rings is 1. The molecule has 1 atom stereocenters. The van der Waals surface area contributed by atoms with E-state index < -0.39 is 11.6 Å². The molecule has 0 bridgehead atoms. The number of thiophene rings is 1. The Kier molecular flexibility index (Phi) is 4.10. The van der Waals surface area contributed by atoms with E-state index in [0.29, 0.717) is 8.67 Å². The van der Waals surface area contributed by atoms with Crippen LogP contribution < -0.4 is 5.32 Å². The van der Waals surface area contributed by atoms with Crippen molar-refractivity contribution in [3.8, 4) is 0 Å². The number of halogens is 4. The minimum Gasteiger partial charge on any atom is -0.376 e. The number of hydrogen-bond acceptors (Lipinski definition) is 2. The quantitative estimate of drug-likeness (QED) is 0.788. The van der Waals surface area contributed by atoms with E-state index in [4.69, 9.17) is 23.2 Å². The lowest BCUT2D eigenvalue weighted by molar-refractivity contribution is 0.600. The molecular weight excluding hydrogens is 299 g/mol. The molecule has 0 spiro atoms. The standard InChI is InChI=1S/C12H9Cl2F2NS/c1-6(8-5-11(13)18-12(8)14)17-10-4-7(15)2-3-9(10)16/h2-6,17H,1H3. The van der Waals surface area contributed by atoms with Gasteiger partial charge >= 0.3 is 0 Å². The molecule has 0 aliphatic rings. The normalized spacial score (nSPS) is 12.5. The van der Waals surface area contributed by atoms with E-state index in [0.717, 1.165) is 23.8 Å². The number of hydrogen-bond donors (Lipinski definition) is 1. The molecule has 1 aromatic heterocycles. The Bertz CT molecular complexity index is 571. The summed E-state index contributed by atoms with van der Waals surface area (Å²) < 4.78 is 27.6. The van der Waals surface area contributed by atoms with Crippen molar-refractivity contribution in [1.29, 1.82) is 0 Å². The molecule has 0 saturated heterocycles. The third-order valence-corrected chi connectivity index (χ3v) is 3.97. The summed E-state index contributed by atoms with van der Waals surface area (Å²) in [7, 11) is 0. The first-order chi connectivity index (χ1) is 8.47. The van der Waals surface area contributed by atoms with Crippen molar-refractivity contribution < 1.29 is 8.78 Å². The van der Waals surface area contributed by atoms with Gasteiger partial charge in [-0.1, -0.05) is 23.2 Å². The predicted octanol–water partition coefficient (Wildman–Crippen LogP) is 5.51. The van der Waals surface area contributed by atoms with Crippen LogP contribution in [-0.4, -0.2) is 0 Å². The summed E-state index contributed by atoms with van der Waals surface area (Å²) in [5.41, 5.74) is 0.858. The van der Waals surface area contributed by atoms with Crippen LogP contribution >= 0.6 is 34.5 Å². The smallest absolute Gasteiger partial charge is 0.146 e. The number of anilines is 1. The summed E-state index contributed by atoms with van der Waals surface area (Å²) >= 11 is 13.1. The van der Waals surface area contributed by atoms with Crippen molar-refractivity contribution >= 4 is 40.2 Å². The molecule has 1 N–H and O–H groups in total. The van der Waals surface area contributed by atoms with Crippen LogP contribution in [0.1, 0.15) is 18.5 Å². The molecule has 2 rings (SSSR count). The number of rotatable bonds is 3. The lowest BCUT2D eigenvalue weighted by atomic mass is 10.1. The van der Waals surface area contributed by atoms with Crippen molar-refractivity contribution in [2.24, 2.45) is 0 Å². The van der Waals surface area contributed by atoms with Crippen molar-refractivity contribution in [2.45, 2.75) is 13.0 Å². The van der Waals surface area contributed by atoms with Gasteiger partial charge in [-0.2, -0.15) is 0 Å². The Hall–Kier alpha value is -0.840. The summed E-state index contributed by atoms with van der Waals surface area (Å²) in [5, 5.41) is 2.87. The zero-order valence-corrected chi connectivity index (χ0v) is 11.6. The van der Waals surface area contributed by atoms with E-state index in [9.17, 15) is 8.78 Å². The van der Waals surface area contributed by atoms with Gasteiger partial charge in [-0.15, -0.1) is 11.3 Å². The fourth-order valence-electron chi connectivity index (χ4n) is 1.57. The lowest BCUT2D eigenvalue weighted by Crippen LogP contribution is -2.07. The van der Waals surface area contributed by atoms with Crippen LogP contribution in [0.2, 0.25) is 8.67 Å². The zero-order valence-electron chi connectivity index (χ0n) is 9.31. The zero-order chi connectivity index (χ0) is 13.3. The van der Waals surface area contributed by atoms with E-state index in [2.05, 4.69) is 5.32 Å². The van der Waals surface area contributed by atoms with Crippen molar-refractivity contribution in [3.63, 3.8) is 0 Å². The van der Waals surface area contributed by atoms with Gasteiger partial charge in [-0.25, -0.2) is 8.78 Å². The Balaban J connectivity index is 2.23. The lowest BCUT2D eigenvalue weighted by Gasteiger charge is -2.15. The van der Waals surface area contributed by atoms with Crippen LogP contribution in [0.3, 0.4) is 0 Å². The molecule has 0 radical (unpaired) electrons. The second-order valence-electron chi connectivity index (χ2n) is 3.77. The maximum atomic E-state index is 13.5. The SMILES string of the molecule is CC(Nc1cc(F)ccc1F)c1cc(Cl)sc1Cl. The van der Waals surface area contributed by atoms with Crippen LogP contribution in [0.25, 0.3) is 0 Å². The molecule has 6 heteroatoms. The summed E-state index contributed by atoms with van der Waals surface area (Å²) in [5.74, 6) is -1.01. The van der Waals surface area contributed by atoms with Crippen LogP contribution in [-0.2, 0) is 0 Å². The average molecular weight is 308 g/mol. The summed E-state index contributed by atoms with van der Waals surface area (Å²) in [4.78, 5) is 0. The van der Waals surface area contributed by atoms with Gasteiger partial charge in [0.05, 0.1) is 20.4 Å². The van der Waals surface area contributed by atoms with Gasteiger partial charge in [-0.3, -0.25) is 0 Å². The van der Waals surface area contributed by atoms with Crippen LogP contribution in [0.15, 0.2) is 24.3 Å². The topological polar surface area (TPSA) is 12.0 Å². The largest absolute Gasteiger partial charge is 0.376 e. The van der Waals surface area contributed by atoms with Crippen LogP contribution in [0.5, 0.6) is 0 Å². The van der Waals surface area contributed by atoms with Crippen molar-refractivity contribution in [2.75, 3.05) is 5.32 Å². The highest BCUT2D eigenvalue weighted by Crippen LogP contribution is 2.36. The van der Waals surface area contributed by atoms with Crippen molar-refractivity contribution in [3.05, 3.63) is 50.1 Å². The second-order valence-corrected chi connectivity index (χ2v) is 6.06. The van der Waals surface area contributed by atoms with E-state index in [1.165, 1.54) is 11.3 Å². The highest BCUT2D eigenvalue weighted by molar-refractivity contribution is 7.20. The summed E-state index contributed by atoms with van der Waals surface area (Å²) in [6.45, 7) is 1.80. The minimum atomic E-state index is -0.513. The first kappa shape index (κ1) is 13.6. The maximum absolute atomic E-state index is 13.5. The minimum absolute atomic E-state index is 0.0980. The van der Waals surface area contributed by atoms with Crippen LogP contribution in [0, 0.1) is 11.6 Å². The summed E-state index contributed by atoms with van der Waals surface area (Å²) in [6, 6.07) is 4.70. The molecule has 96 valence electrons. The van der Waals surface area contributed by atoms with Gasteiger partial charge < -0.3 is 5.32 Å². The van der Waals surface area contributed by atoms with E-state index >= 15 is 0 Å². The second kappa shape index (κ2) is 5.43. The molecule has 1 aromatic carbocycles. The molecule has 1 unspecified atom stereocenters. The Morgan fingerprint density at radius 2 is 1.94 bits per heavy atom. The summed E-state index contributed by atoms with van der Waals surface area (Å²) in [6.07, 6.45) is 0. The molecule has 1 nitrogen and oxygen atoms in total. The molecule has 0 saturated carbocycles. The van der Waals surface area contributed by atoms with Crippen LogP contribution in [0.4, 0.5) is 14.5 Å². The van der Waals surface area contributed by atoms with Crippen molar-refractivity contribution in [1.82, 2.24) is 0 Å². The first-order valence-corrected chi connectivity index (χ1v) is 6.71. The van der Waals surface area contributed by atoms with Gasteiger partial charge in [0.25, 0.3) is 0 Å². The molecule has 0 fully saturated rings. The number of nitrogens with one attached hydrogen (secondary N) is 1. The molecule has 0 aliphatic carbocycles. The van der Waals surface area contributed by atoms with Gasteiger partial charge in [0, 0.05) is 5.56 Å². The Morgan fingerprint density at radius 3 is 2.56 bits per heavy atom. The highest BCUT2D eigenvalue weighted by atomic mass is 35.5. The van der Waals surface area contributed by atoms with Gasteiger partial charge in [0.2, 0.25) is 0 Å². The van der Waals surface area contributed by atoms with E-state index in [-0.39, 0.29) is 11.7 Å². The third kappa shape index (κ3) is 2.94. The average Bonchev–Trinajstić information content (AvgIpc) is 2.63. The van der Waals surface area contributed by atoms with E-state index in [1.54, 1.807) is 13.0 Å². The maximum Gasteiger partial charge on any atom is 0.146 e. The Morgan fingerprint density at radius 1 is 1.22 bits per heavy atom. The van der Waals surface area contributed by atoms with Gasteiger partial charge in [0.15, 0.2) is 0 Å². The third-order valence-electron chi connectivity index (χ3n) is 2.45. The highest BCUT2D eigenvalue weighted by Gasteiger charge is 2.15. The molecule has 18 heavy (non-hydrogen) atoms. The Labute approximate surface area is 117 Å². The van der Waals surface area contributed by atoms with Gasteiger partial charge in [-0.05, 0) is 31.2 Å². The fourth-order valence-corrected chi connectivity index (χ4v) is 3.21. The molecule has 0 amide bonds. The molecule has 0 aliphatic heterocycles. The monoisotopic (exact) mass is 307 g/mol. The van der Waals surface area contributed by atoms with E-state index in [1.807, 2.05) is 0 Å². The van der Waals surface area contributed by atoms with Gasteiger partial charge in [0.1, 0.15) is 11.6 Å².